The van der Waals surface area contributed by atoms with E-state index in [2.05, 4.69) is 38.8 Å². The molecule has 0 aromatic carbocycles. The summed E-state index contributed by atoms with van der Waals surface area (Å²) in [5.74, 6) is -2.73. The first-order chi connectivity index (χ1) is 17.8. The molecule has 2 aromatic heterocycles. The van der Waals surface area contributed by atoms with Crippen molar-refractivity contribution in [1.82, 2.24) is 20.2 Å². The van der Waals surface area contributed by atoms with E-state index in [9.17, 15) is 27.9 Å². The first-order valence-corrected chi connectivity index (χ1v) is 11.9. The molecule has 0 saturated heterocycles. The first kappa shape index (κ1) is 30.0. The van der Waals surface area contributed by atoms with E-state index >= 15 is 0 Å². The molecular formula is C25H27F3N6O3S. The van der Waals surface area contributed by atoms with Crippen LogP contribution in [0.4, 0.5) is 19.0 Å². The number of nitrogens with zero attached hydrogens (tertiary/aromatic N) is 4. The van der Waals surface area contributed by atoms with Crippen LogP contribution < -0.4 is 10.6 Å². The largest absolute Gasteiger partial charge is 0.506 e. The molecule has 0 spiro atoms. The number of aromatic nitrogens is 2. The molecule has 0 bridgehead atoms. The molecule has 3 N–H and O–H groups in total. The number of halogens is 3. The van der Waals surface area contributed by atoms with Gasteiger partial charge in [-0.15, -0.1) is 11.3 Å². The number of thiazole rings is 1. The van der Waals surface area contributed by atoms with Crippen molar-refractivity contribution in [2.75, 3.05) is 5.32 Å². The Hall–Kier alpha value is -4.26. The highest BCUT2D eigenvalue weighted by atomic mass is 32.1. The number of hydrogen-bond donors (Lipinski definition) is 3. The zero-order valence-corrected chi connectivity index (χ0v) is 21.9. The van der Waals surface area contributed by atoms with Gasteiger partial charge >= 0.3 is 6.18 Å². The topological polar surface area (TPSA) is 120 Å². The Kier molecular flexibility index (Phi) is 10.1. The molecule has 2 amide bonds. The molecule has 0 aliphatic carbocycles. The number of carbonyl (C=O) groups excluding carboxylic acids is 2. The summed E-state index contributed by atoms with van der Waals surface area (Å²) in [5, 5.41) is 14.8. The number of aromatic hydroxyl groups is 1. The molecule has 9 nitrogen and oxygen atoms in total. The second-order valence-electron chi connectivity index (χ2n) is 7.79. The lowest BCUT2D eigenvalue weighted by Gasteiger charge is -2.21. The van der Waals surface area contributed by atoms with Crippen LogP contribution in [0.2, 0.25) is 0 Å². The van der Waals surface area contributed by atoms with Crippen molar-refractivity contribution in [3.05, 3.63) is 82.5 Å². The van der Waals surface area contributed by atoms with E-state index in [0.717, 1.165) is 11.3 Å². The van der Waals surface area contributed by atoms with E-state index in [0.29, 0.717) is 28.7 Å². The van der Waals surface area contributed by atoms with Gasteiger partial charge in [0.15, 0.2) is 0 Å². The summed E-state index contributed by atoms with van der Waals surface area (Å²) in [6.07, 6.45) is 3.49. The fraction of sp³-hybridized carbons (Fsp3) is 0.240. The Labute approximate surface area is 221 Å². The fourth-order valence-corrected chi connectivity index (χ4v) is 3.81. The van der Waals surface area contributed by atoms with Crippen LogP contribution in [0.25, 0.3) is 0 Å². The zero-order valence-electron chi connectivity index (χ0n) is 21.1. The summed E-state index contributed by atoms with van der Waals surface area (Å²) in [6.45, 7) is 14.8. The monoisotopic (exact) mass is 548 g/mol. The van der Waals surface area contributed by atoms with Crippen molar-refractivity contribution in [2.45, 2.75) is 39.9 Å². The molecular weight excluding hydrogens is 521 g/mol. The van der Waals surface area contributed by atoms with Crippen LogP contribution in [0.3, 0.4) is 0 Å². The SMILES string of the molecule is C=C(C)N(/C=C\C)C(=C)/C=C(\N=CC)C(=O)NC(C)c1ncc(C(=O)Nc2cc(C(F)(F)F)c(O)cn2)s1. The van der Waals surface area contributed by atoms with Crippen LogP contribution in [0, 0.1) is 0 Å². The highest BCUT2D eigenvalue weighted by molar-refractivity contribution is 7.13. The summed E-state index contributed by atoms with van der Waals surface area (Å²) in [6, 6.07) is -0.103. The van der Waals surface area contributed by atoms with Crippen LogP contribution in [-0.2, 0) is 11.0 Å². The fourth-order valence-electron chi connectivity index (χ4n) is 2.99. The van der Waals surface area contributed by atoms with Crippen LogP contribution >= 0.6 is 11.3 Å². The normalized spacial score (nSPS) is 13.0. The minimum Gasteiger partial charge on any atom is -0.506 e. The first-order valence-electron chi connectivity index (χ1n) is 11.1. The molecule has 2 aromatic rings. The molecule has 38 heavy (non-hydrogen) atoms. The second kappa shape index (κ2) is 12.8. The summed E-state index contributed by atoms with van der Waals surface area (Å²) in [7, 11) is 0. The quantitative estimate of drug-likeness (QED) is 0.203. The maximum absolute atomic E-state index is 13.0. The van der Waals surface area contributed by atoms with E-state index < -0.39 is 41.2 Å². The van der Waals surface area contributed by atoms with Gasteiger partial charge in [0.1, 0.15) is 32.7 Å². The lowest BCUT2D eigenvalue weighted by atomic mass is 10.2. The van der Waals surface area contributed by atoms with Gasteiger partial charge in [0, 0.05) is 23.8 Å². The van der Waals surface area contributed by atoms with E-state index in [1.807, 2.05) is 6.92 Å². The average Bonchev–Trinajstić information content (AvgIpc) is 3.33. The van der Waals surface area contributed by atoms with Crippen molar-refractivity contribution in [3.63, 3.8) is 0 Å². The van der Waals surface area contributed by atoms with Gasteiger partial charge in [-0.2, -0.15) is 13.2 Å². The average molecular weight is 549 g/mol. The molecule has 1 atom stereocenters. The van der Waals surface area contributed by atoms with E-state index in [-0.39, 0.29) is 10.6 Å². The van der Waals surface area contributed by atoms with Crippen molar-refractivity contribution in [2.24, 2.45) is 4.99 Å². The standard InChI is InChI=1S/C25H27F3N6O3S/c1-7-9-34(14(3)4)15(5)10-18(29-8-2)22(36)32-16(6)24-31-13-20(38-24)23(37)33-21-11-17(25(26,27)28)19(35)12-30-21/h7-13,16,35H,3,5H2,1-2,4,6H3,(H,32,36)(H,30,33,37)/b9-7-,18-10-,29-8?. The van der Waals surface area contributed by atoms with E-state index in [1.54, 1.807) is 37.9 Å². The zero-order chi connectivity index (χ0) is 28.6. The number of rotatable bonds is 10. The van der Waals surface area contributed by atoms with Gasteiger partial charge in [-0.1, -0.05) is 19.2 Å². The molecule has 0 saturated carbocycles. The predicted octanol–water partition coefficient (Wildman–Crippen LogP) is 5.55. The van der Waals surface area contributed by atoms with E-state index in [1.165, 1.54) is 18.5 Å². The van der Waals surface area contributed by atoms with E-state index in [4.69, 9.17) is 0 Å². The van der Waals surface area contributed by atoms with Crippen LogP contribution in [0.1, 0.15) is 54.0 Å². The predicted molar refractivity (Wildman–Crippen MR) is 140 cm³/mol. The third-order valence-corrected chi connectivity index (χ3v) is 5.90. The molecule has 2 rings (SSSR count). The lowest BCUT2D eigenvalue weighted by molar-refractivity contribution is -0.138. The summed E-state index contributed by atoms with van der Waals surface area (Å²) in [5.41, 5.74) is -0.108. The summed E-state index contributed by atoms with van der Waals surface area (Å²) in [4.78, 5) is 39.1. The Morgan fingerprint density at radius 2 is 1.92 bits per heavy atom. The van der Waals surface area contributed by atoms with Gasteiger partial charge in [-0.05, 0) is 39.8 Å². The van der Waals surface area contributed by atoms with Gasteiger partial charge in [-0.25, -0.2) is 9.97 Å². The Morgan fingerprint density at radius 3 is 2.50 bits per heavy atom. The number of alkyl halides is 3. The molecule has 13 heteroatoms. The second-order valence-corrected chi connectivity index (χ2v) is 8.85. The molecule has 0 radical (unpaired) electrons. The molecule has 0 aliphatic heterocycles. The number of hydrogen-bond acceptors (Lipinski definition) is 8. The number of pyridine rings is 1. The molecule has 0 fully saturated rings. The minimum atomic E-state index is -4.82. The van der Waals surface area contributed by atoms with Crippen molar-refractivity contribution in [3.8, 4) is 5.75 Å². The minimum absolute atomic E-state index is 0.0729. The van der Waals surface area contributed by atoms with Crippen molar-refractivity contribution >= 4 is 35.2 Å². The Balaban J connectivity index is 2.16. The molecule has 2 heterocycles. The van der Waals surface area contributed by atoms with Gasteiger partial charge in [-0.3, -0.25) is 14.6 Å². The third-order valence-electron chi connectivity index (χ3n) is 4.72. The van der Waals surface area contributed by atoms with Crippen LogP contribution in [0.15, 0.2) is 72.1 Å². The smallest absolute Gasteiger partial charge is 0.420 e. The van der Waals surface area contributed by atoms with Crippen LogP contribution in [-0.4, -0.2) is 38.0 Å². The molecule has 0 aliphatic rings. The number of allylic oxidation sites excluding steroid dienone is 3. The highest BCUT2D eigenvalue weighted by Gasteiger charge is 2.34. The van der Waals surface area contributed by atoms with Crippen molar-refractivity contribution in [1.29, 1.82) is 0 Å². The van der Waals surface area contributed by atoms with Gasteiger partial charge in [0.05, 0.1) is 18.4 Å². The molecule has 1 unspecified atom stereocenters. The Morgan fingerprint density at radius 1 is 1.24 bits per heavy atom. The number of amides is 2. The Bertz CT molecular complexity index is 1310. The molecule has 202 valence electrons. The maximum atomic E-state index is 13.0. The number of anilines is 1. The number of carbonyl (C=O) groups is 2. The van der Waals surface area contributed by atoms with Gasteiger partial charge in [0.2, 0.25) is 0 Å². The van der Waals surface area contributed by atoms with Gasteiger partial charge in [0.25, 0.3) is 11.8 Å². The van der Waals surface area contributed by atoms with Crippen molar-refractivity contribution < 1.29 is 27.9 Å². The number of aliphatic imine (C=N–C) groups is 1. The summed E-state index contributed by atoms with van der Waals surface area (Å²) >= 11 is 0.936. The highest BCUT2D eigenvalue weighted by Crippen LogP contribution is 2.36. The third kappa shape index (κ3) is 7.87. The maximum Gasteiger partial charge on any atom is 0.420 e. The summed E-state index contributed by atoms with van der Waals surface area (Å²) < 4.78 is 39.0. The van der Waals surface area contributed by atoms with Crippen LogP contribution in [0.5, 0.6) is 5.75 Å². The van der Waals surface area contributed by atoms with Gasteiger partial charge < -0.3 is 20.6 Å². The lowest BCUT2D eigenvalue weighted by Crippen LogP contribution is -2.28. The number of nitrogens with one attached hydrogen (secondary N) is 2.